The van der Waals surface area contributed by atoms with E-state index < -0.39 is 29.1 Å². The van der Waals surface area contributed by atoms with Gasteiger partial charge in [0.05, 0.1) is 12.0 Å². The predicted octanol–water partition coefficient (Wildman–Crippen LogP) is 0.468. The third kappa shape index (κ3) is 1.90. The zero-order chi connectivity index (χ0) is 14.4. The van der Waals surface area contributed by atoms with Crippen molar-refractivity contribution in [3.05, 3.63) is 10.6 Å². The number of carbonyl (C=O) groups excluding carboxylic acids is 1. The van der Waals surface area contributed by atoms with Crippen molar-refractivity contribution in [3.8, 4) is 0 Å². The van der Waals surface area contributed by atoms with Crippen LogP contribution in [0.1, 0.15) is 19.3 Å². The van der Waals surface area contributed by atoms with E-state index in [1.165, 1.54) is 0 Å². The molecule has 0 saturated carbocycles. The van der Waals surface area contributed by atoms with E-state index in [0.717, 1.165) is 23.1 Å². The van der Waals surface area contributed by atoms with Gasteiger partial charge in [-0.25, -0.2) is 4.79 Å². The van der Waals surface area contributed by atoms with Crippen LogP contribution in [0.15, 0.2) is 10.6 Å². The number of carbonyl (C=O) groups is 3. The fraction of sp³-hybridized carbons (Fsp3) is 0.583. The van der Waals surface area contributed by atoms with Gasteiger partial charge in [-0.1, -0.05) is 11.8 Å². The summed E-state index contributed by atoms with van der Waals surface area (Å²) in [6.07, 6.45) is 1.05. The first kappa shape index (κ1) is 13.4. The number of thioether (sulfide) groups is 1. The lowest BCUT2D eigenvalue weighted by molar-refractivity contribution is -0.142. The molecule has 0 aromatic heterocycles. The SMILES string of the molecule is O=C(O)C1=C([C@H]2CCCO2)S[C@@H]2[C@H](C(=O)O)CC(=O)N12. The van der Waals surface area contributed by atoms with Crippen molar-refractivity contribution in [1.82, 2.24) is 4.90 Å². The molecule has 20 heavy (non-hydrogen) atoms. The Bertz CT molecular complexity index is 524. The number of fused-ring (bicyclic) bond motifs is 1. The monoisotopic (exact) mass is 299 g/mol. The van der Waals surface area contributed by atoms with E-state index in [9.17, 15) is 19.5 Å². The molecule has 3 rings (SSSR count). The first-order chi connectivity index (χ1) is 9.50. The Hall–Kier alpha value is -1.54. The molecule has 108 valence electrons. The minimum absolute atomic E-state index is 0.0966. The quantitative estimate of drug-likeness (QED) is 0.780. The Morgan fingerprint density at radius 3 is 2.65 bits per heavy atom. The van der Waals surface area contributed by atoms with Crippen LogP contribution in [-0.2, 0) is 19.1 Å². The third-order valence-electron chi connectivity index (χ3n) is 3.73. The van der Waals surface area contributed by atoms with Crippen molar-refractivity contribution in [3.63, 3.8) is 0 Å². The van der Waals surface area contributed by atoms with Gasteiger partial charge in [-0.2, -0.15) is 0 Å². The minimum atomic E-state index is -1.20. The van der Waals surface area contributed by atoms with Gasteiger partial charge in [-0.05, 0) is 12.8 Å². The van der Waals surface area contributed by atoms with Gasteiger partial charge in [0.15, 0.2) is 0 Å². The molecule has 0 aromatic carbocycles. The van der Waals surface area contributed by atoms with Crippen molar-refractivity contribution < 1.29 is 29.3 Å². The van der Waals surface area contributed by atoms with Gasteiger partial charge < -0.3 is 14.9 Å². The van der Waals surface area contributed by atoms with Crippen molar-refractivity contribution in [2.75, 3.05) is 6.61 Å². The summed E-state index contributed by atoms with van der Waals surface area (Å²) in [6, 6.07) is 0. The lowest BCUT2D eigenvalue weighted by atomic mass is 10.1. The van der Waals surface area contributed by atoms with Gasteiger partial charge in [0.25, 0.3) is 0 Å². The van der Waals surface area contributed by atoms with Crippen LogP contribution in [0.2, 0.25) is 0 Å². The molecule has 0 bridgehead atoms. The molecule has 8 heteroatoms. The number of hydrogen-bond donors (Lipinski definition) is 2. The van der Waals surface area contributed by atoms with Gasteiger partial charge in [-0.15, -0.1) is 0 Å². The summed E-state index contributed by atoms with van der Waals surface area (Å²) in [5, 5.41) is 17.9. The minimum Gasteiger partial charge on any atom is -0.481 e. The summed E-state index contributed by atoms with van der Waals surface area (Å²) in [4.78, 5) is 36.2. The molecule has 7 nitrogen and oxygen atoms in total. The Balaban J connectivity index is 1.98. The maximum absolute atomic E-state index is 12.0. The largest absolute Gasteiger partial charge is 0.481 e. The second-order valence-electron chi connectivity index (χ2n) is 4.94. The number of aliphatic carboxylic acids is 2. The molecule has 2 fully saturated rings. The van der Waals surface area contributed by atoms with E-state index in [1.807, 2.05) is 0 Å². The van der Waals surface area contributed by atoms with Crippen LogP contribution in [0.5, 0.6) is 0 Å². The normalized spacial score (nSPS) is 32.9. The Morgan fingerprint density at radius 1 is 1.35 bits per heavy atom. The van der Waals surface area contributed by atoms with E-state index in [1.54, 1.807) is 0 Å². The summed E-state index contributed by atoms with van der Waals surface area (Å²) < 4.78 is 5.49. The zero-order valence-electron chi connectivity index (χ0n) is 10.4. The second-order valence-corrected chi connectivity index (χ2v) is 6.10. The van der Waals surface area contributed by atoms with Crippen LogP contribution in [0.3, 0.4) is 0 Å². The molecule has 2 saturated heterocycles. The number of carboxylic acid groups (broad SMARTS) is 2. The average molecular weight is 299 g/mol. The summed E-state index contributed by atoms with van der Waals surface area (Å²) >= 11 is 1.15. The lowest BCUT2D eigenvalue weighted by Crippen LogP contribution is -2.33. The molecule has 3 aliphatic rings. The van der Waals surface area contributed by atoms with Gasteiger partial charge in [0.2, 0.25) is 5.91 Å². The van der Waals surface area contributed by atoms with Crippen LogP contribution in [0.4, 0.5) is 0 Å². The van der Waals surface area contributed by atoms with Gasteiger partial charge in [0, 0.05) is 17.9 Å². The molecule has 2 N–H and O–H groups in total. The maximum atomic E-state index is 12.0. The molecule has 0 spiro atoms. The maximum Gasteiger partial charge on any atom is 0.353 e. The van der Waals surface area contributed by atoms with E-state index in [-0.39, 0.29) is 18.2 Å². The van der Waals surface area contributed by atoms with Crippen molar-refractivity contribution in [1.29, 1.82) is 0 Å². The highest BCUT2D eigenvalue weighted by Gasteiger charge is 2.53. The Labute approximate surface area is 118 Å². The highest BCUT2D eigenvalue weighted by molar-refractivity contribution is 8.04. The first-order valence-corrected chi connectivity index (χ1v) is 7.19. The van der Waals surface area contributed by atoms with Crippen LogP contribution >= 0.6 is 11.8 Å². The molecular weight excluding hydrogens is 286 g/mol. The van der Waals surface area contributed by atoms with Crippen molar-refractivity contribution in [2.45, 2.75) is 30.7 Å². The number of ether oxygens (including phenoxy) is 1. The smallest absolute Gasteiger partial charge is 0.353 e. The molecular formula is C12H13NO6S. The number of amides is 1. The molecule has 0 aromatic rings. The first-order valence-electron chi connectivity index (χ1n) is 6.31. The molecule has 0 radical (unpaired) electrons. The van der Waals surface area contributed by atoms with Gasteiger partial charge in [0.1, 0.15) is 11.1 Å². The lowest BCUT2D eigenvalue weighted by Gasteiger charge is -2.18. The van der Waals surface area contributed by atoms with E-state index in [0.29, 0.717) is 17.9 Å². The summed E-state index contributed by atoms with van der Waals surface area (Å²) in [7, 11) is 0. The van der Waals surface area contributed by atoms with E-state index in [4.69, 9.17) is 9.84 Å². The molecule has 3 aliphatic heterocycles. The van der Waals surface area contributed by atoms with E-state index >= 15 is 0 Å². The van der Waals surface area contributed by atoms with Crippen LogP contribution in [0, 0.1) is 5.92 Å². The van der Waals surface area contributed by atoms with Crippen LogP contribution in [0.25, 0.3) is 0 Å². The number of carboxylic acids is 2. The highest BCUT2D eigenvalue weighted by Crippen LogP contribution is 2.50. The molecule has 0 aliphatic carbocycles. The standard InChI is InChI=1S/C12H13NO6S/c14-7-4-5(11(15)16)10-13(7)8(12(17)18)9(20-10)6-2-1-3-19-6/h5-6,10H,1-4H2,(H,15,16)(H,17,18)/t5-,6-,10-/m1/s1. The Morgan fingerprint density at radius 2 is 2.10 bits per heavy atom. The van der Waals surface area contributed by atoms with Crippen LogP contribution < -0.4 is 0 Å². The van der Waals surface area contributed by atoms with Crippen LogP contribution in [-0.4, -0.2) is 51.0 Å². The number of nitrogens with zero attached hydrogens (tertiary/aromatic N) is 1. The highest BCUT2D eigenvalue weighted by atomic mass is 32.2. The fourth-order valence-electron chi connectivity index (χ4n) is 2.83. The summed E-state index contributed by atoms with van der Waals surface area (Å²) in [5.74, 6) is -3.59. The second kappa shape index (κ2) is 4.78. The number of rotatable bonds is 3. The van der Waals surface area contributed by atoms with E-state index in [2.05, 4.69) is 0 Å². The number of hydrogen-bond acceptors (Lipinski definition) is 5. The van der Waals surface area contributed by atoms with Gasteiger partial charge in [-0.3, -0.25) is 14.5 Å². The Kier molecular flexibility index (Phi) is 3.21. The van der Waals surface area contributed by atoms with Gasteiger partial charge >= 0.3 is 11.9 Å². The third-order valence-corrected chi connectivity index (χ3v) is 5.22. The zero-order valence-corrected chi connectivity index (χ0v) is 11.3. The summed E-state index contributed by atoms with van der Waals surface area (Å²) in [6.45, 7) is 0.558. The molecule has 3 atom stereocenters. The summed E-state index contributed by atoms with van der Waals surface area (Å²) in [5.41, 5.74) is -0.0966. The predicted molar refractivity (Wildman–Crippen MR) is 67.6 cm³/mol. The average Bonchev–Trinajstić information content (AvgIpc) is 3.04. The van der Waals surface area contributed by atoms with Crippen molar-refractivity contribution in [2.24, 2.45) is 5.92 Å². The van der Waals surface area contributed by atoms with Crippen molar-refractivity contribution >= 4 is 29.6 Å². The molecule has 3 heterocycles. The fourth-order valence-corrected chi connectivity index (χ4v) is 4.43. The topological polar surface area (TPSA) is 104 Å². The molecule has 1 amide bonds. The molecule has 0 unspecified atom stereocenters.